The van der Waals surface area contributed by atoms with Gasteiger partial charge in [0, 0.05) is 27.3 Å². The van der Waals surface area contributed by atoms with Gasteiger partial charge in [-0.1, -0.05) is 0 Å². The molecule has 16 heavy (non-hydrogen) atoms. The van der Waals surface area contributed by atoms with Crippen LogP contribution in [-0.2, 0) is 11.3 Å². The first kappa shape index (κ1) is 12.1. The fraction of sp³-hybridized carbons (Fsp3) is 0.545. The summed E-state index contributed by atoms with van der Waals surface area (Å²) in [6, 6.07) is 2.12. The minimum absolute atomic E-state index is 0.181. The molecule has 1 aromatic rings. The number of halogens is 1. The molecule has 1 atom stereocenters. The number of nitrogens with zero attached hydrogens (tertiary/aromatic N) is 1. The monoisotopic (exact) mass is 303 g/mol. The summed E-state index contributed by atoms with van der Waals surface area (Å²) in [6.07, 6.45) is 0.775. The molecule has 1 aromatic heterocycles. The normalized spacial score (nSPS) is 21.5. The summed E-state index contributed by atoms with van der Waals surface area (Å²) in [5.74, 6) is -0.844. The van der Waals surface area contributed by atoms with Crippen molar-refractivity contribution in [3.8, 4) is 0 Å². The van der Waals surface area contributed by atoms with Crippen LogP contribution in [0, 0.1) is 12.8 Å². The molecule has 0 spiro atoms. The smallest absolute Gasteiger partial charge is 0.307 e. The van der Waals surface area contributed by atoms with Gasteiger partial charge in [-0.05, 0) is 41.9 Å². The van der Waals surface area contributed by atoms with E-state index >= 15 is 0 Å². The lowest BCUT2D eigenvalue weighted by molar-refractivity contribution is -0.141. The summed E-state index contributed by atoms with van der Waals surface area (Å²) in [7, 11) is 0. The Kier molecular flexibility index (Phi) is 3.66. The Balaban J connectivity index is 1.97. The molecule has 0 radical (unpaired) electrons. The van der Waals surface area contributed by atoms with Crippen molar-refractivity contribution in [2.45, 2.75) is 19.9 Å². The number of aryl methyl sites for hydroxylation is 1. The van der Waals surface area contributed by atoms with Gasteiger partial charge in [-0.2, -0.15) is 0 Å². The van der Waals surface area contributed by atoms with Crippen LogP contribution in [0.3, 0.4) is 0 Å². The Morgan fingerprint density at radius 3 is 3.00 bits per heavy atom. The lowest BCUT2D eigenvalue weighted by Gasteiger charge is -2.14. The first-order valence-electron chi connectivity index (χ1n) is 5.26. The summed E-state index contributed by atoms with van der Waals surface area (Å²) < 4.78 is 1.15. The fourth-order valence-electron chi connectivity index (χ4n) is 2.02. The molecule has 1 saturated heterocycles. The van der Waals surface area contributed by atoms with Crippen molar-refractivity contribution in [3.05, 3.63) is 20.3 Å². The van der Waals surface area contributed by atoms with E-state index in [9.17, 15) is 4.79 Å². The molecule has 0 amide bonds. The van der Waals surface area contributed by atoms with Crippen LogP contribution in [0.1, 0.15) is 16.2 Å². The van der Waals surface area contributed by atoms with E-state index < -0.39 is 5.97 Å². The number of aliphatic carboxylic acids is 1. The summed E-state index contributed by atoms with van der Waals surface area (Å²) in [6.45, 7) is 4.52. The predicted molar refractivity (Wildman–Crippen MR) is 67.8 cm³/mol. The Labute approximate surface area is 107 Å². The first-order valence-corrected chi connectivity index (χ1v) is 6.87. The Hall–Kier alpha value is -0.390. The molecule has 2 heterocycles. The molecule has 0 aliphatic carbocycles. The maximum atomic E-state index is 10.8. The Bertz CT molecular complexity index is 405. The number of hydrogen-bond donors (Lipinski definition) is 1. The maximum Gasteiger partial charge on any atom is 0.307 e. The van der Waals surface area contributed by atoms with Crippen molar-refractivity contribution in [2.75, 3.05) is 13.1 Å². The van der Waals surface area contributed by atoms with Gasteiger partial charge in [0.2, 0.25) is 0 Å². The summed E-state index contributed by atoms with van der Waals surface area (Å²) >= 11 is 5.31. The molecular formula is C11H14BrNO2S. The summed E-state index contributed by atoms with van der Waals surface area (Å²) in [5, 5.41) is 8.92. The second kappa shape index (κ2) is 4.85. The van der Waals surface area contributed by atoms with Gasteiger partial charge in [0.05, 0.1) is 5.92 Å². The van der Waals surface area contributed by atoms with Gasteiger partial charge < -0.3 is 5.11 Å². The zero-order valence-electron chi connectivity index (χ0n) is 9.07. The molecule has 3 nitrogen and oxygen atoms in total. The Morgan fingerprint density at radius 2 is 2.50 bits per heavy atom. The van der Waals surface area contributed by atoms with Gasteiger partial charge in [-0.15, -0.1) is 11.3 Å². The van der Waals surface area contributed by atoms with E-state index in [0.29, 0.717) is 6.54 Å². The van der Waals surface area contributed by atoms with Crippen LogP contribution in [0.25, 0.3) is 0 Å². The number of carboxylic acids is 1. The number of hydrogen-bond acceptors (Lipinski definition) is 3. The van der Waals surface area contributed by atoms with Crippen molar-refractivity contribution < 1.29 is 9.90 Å². The molecule has 0 bridgehead atoms. The van der Waals surface area contributed by atoms with Crippen LogP contribution in [0.4, 0.5) is 0 Å². The third-order valence-corrected chi connectivity index (χ3v) is 4.87. The van der Waals surface area contributed by atoms with E-state index in [1.54, 1.807) is 11.3 Å². The zero-order valence-corrected chi connectivity index (χ0v) is 11.5. The molecule has 5 heteroatoms. The molecule has 0 saturated carbocycles. The molecule has 1 aliphatic heterocycles. The SMILES string of the molecule is Cc1cc(Br)c(CN2CCC(C(=O)O)C2)s1. The number of thiophene rings is 1. The highest BCUT2D eigenvalue weighted by Crippen LogP contribution is 2.29. The third-order valence-electron chi connectivity index (χ3n) is 2.87. The van der Waals surface area contributed by atoms with E-state index in [2.05, 4.69) is 33.8 Å². The van der Waals surface area contributed by atoms with Crippen LogP contribution >= 0.6 is 27.3 Å². The lowest BCUT2D eigenvalue weighted by Crippen LogP contribution is -2.22. The minimum atomic E-state index is -0.663. The fourth-order valence-corrected chi connectivity index (χ4v) is 3.85. The predicted octanol–water partition coefficient (Wildman–Crippen LogP) is 2.73. The topological polar surface area (TPSA) is 40.5 Å². The average Bonchev–Trinajstić information content (AvgIpc) is 2.75. The first-order chi connectivity index (χ1) is 7.56. The highest BCUT2D eigenvalue weighted by atomic mass is 79.9. The van der Waals surface area contributed by atoms with E-state index in [1.165, 1.54) is 9.75 Å². The van der Waals surface area contributed by atoms with Crippen LogP contribution in [0.2, 0.25) is 0 Å². The second-order valence-electron chi connectivity index (χ2n) is 4.19. The highest BCUT2D eigenvalue weighted by Gasteiger charge is 2.28. The number of rotatable bonds is 3. The van der Waals surface area contributed by atoms with E-state index in [0.717, 1.165) is 24.0 Å². The maximum absolute atomic E-state index is 10.8. The standard InChI is InChI=1S/C11H14BrNO2S/c1-7-4-9(12)10(16-7)6-13-3-2-8(5-13)11(14)15/h4,8H,2-3,5-6H2,1H3,(H,14,15). The summed E-state index contributed by atoms with van der Waals surface area (Å²) in [4.78, 5) is 15.6. The van der Waals surface area contributed by atoms with Crippen LogP contribution < -0.4 is 0 Å². The van der Waals surface area contributed by atoms with Crippen LogP contribution in [-0.4, -0.2) is 29.1 Å². The molecule has 1 fully saturated rings. The van der Waals surface area contributed by atoms with E-state index in [4.69, 9.17) is 5.11 Å². The van der Waals surface area contributed by atoms with Crippen LogP contribution in [0.5, 0.6) is 0 Å². The molecular weight excluding hydrogens is 290 g/mol. The van der Waals surface area contributed by atoms with Gasteiger partial charge in [0.1, 0.15) is 0 Å². The third kappa shape index (κ3) is 2.64. The van der Waals surface area contributed by atoms with Crippen molar-refractivity contribution in [3.63, 3.8) is 0 Å². The van der Waals surface area contributed by atoms with Gasteiger partial charge in [-0.3, -0.25) is 9.69 Å². The van der Waals surface area contributed by atoms with Crippen molar-refractivity contribution in [1.82, 2.24) is 4.90 Å². The number of likely N-dealkylation sites (tertiary alicyclic amines) is 1. The molecule has 2 rings (SSSR count). The largest absolute Gasteiger partial charge is 0.481 e. The molecule has 1 unspecified atom stereocenters. The molecule has 0 aromatic carbocycles. The minimum Gasteiger partial charge on any atom is -0.481 e. The molecule has 88 valence electrons. The van der Waals surface area contributed by atoms with Crippen LogP contribution in [0.15, 0.2) is 10.5 Å². The van der Waals surface area contributed by atoms with E-state index in [1.807, 2.05) is 0 Å². The van der Waals surface area contributed by atoms with Gasteiger partial charge in [-0.25, -0.2) is 0 Å². The zero-order chi connectivity index (χ0) is 11.7. The van der Waals surface area contributed by atoms with Crippen molar-refractivity contribution >= 4 is 33.2 Å². The van der Waals surface area contributed by atoms with Gasteiger partial charge in [0.25, 0.3) is 0 Å². The molecule has 1 aliphatic rings. The van der Waals surface area contributed by atoms with E-state index in [-0.39, 0.29) is 5.92 Å². The summed E-state index contributed by atoms with van der Waals surface area (Å²) in [5.41, 5.74) is 0. The lowest BCUT2D eigenvalue weighted by atomic mass is 10.1. The highest BCUT2D eigenvalue weighted by molar-refractivity contribution is 9.10. The average molecular weight is 304 g/mol. The van der Waals surface area contributed by atoms with Gasteiger partial charge >= 0.3 is 5.97 Å². The molecule has 1 N–H and O–H groups in total. The second-order valence-corrected chi connectivity index (χ2v) is 6.38. The number of carbonyl (C=O) groups is 1. The van der Waals surface area contributed by atoms with Crippen molar-refractivity contribution in [1.29, 1.82) is 0 Å². The number of carboxylic acid groups (broad SMARTS) is 1. The Morgan fingerprint density at radius 1 is 1.75 bits per heavy atom. The van der Waals surface area contributed by atoms with Gasteiger partial charge in [0.15, 0.2) is 0 Å². The quantitative estimate of drug-likeness (QED) is 0.933. The van der Waals surface area contributed by atoms with Crippen molar-refractivity contribution in [2.24, 2.45) is 5.92 Å².